The Morgan fingerprint density at radius 2 is 0.800 bits per heavy atom. The van der Waals surface area contributed by atoms with Crippen molar-refractivity contribution >= 4 is 112 Å². The Morgan fingerprint density at radius 1 is 0.425 bits per heavy atom. The van der Waals surface area contributed by atoms with E-state index in [2.05, 4.69) is 151 Å². The Bertz CT molecular complexity index is 3160. The average Bonchev–Trinajstić information content (AvgIpc) is 4.14. The molecule has 6 nitrogen and oxygen atoms in total. The Hall–Kier alpha value is -4.66. The Kier molecular flexibility index (Phi) is 20.2. The van der Waals surface area contributed by atoms with Crippen molar-refractivity contribution in [3.8, 4) is 5.69 Å². The number of nitrogens with zero attached hydrogens (tertiary/aromatic N) is 2. The van der Waals surface area contributed by atoms with Crippen LogP contribution in [0.3, 0.4) is 0 Å². The zero-order valence-electron chi connectivity index (χ0n) is 47.9. The zero-order chi connectivity index (χ0) is 57.6. The molecule has 0 amide bonds. The Balaban J connectivity index is 0.000000178. The average molecular weight is 1280 g/mol. The molecule has 0 unspecified atom stereocenters. The number of fused-ring (bicyclic) bond motifs is 3. The van der Waals surface area contributed by atoms with Gasteiger partial charge in [-0.05, 0) is 188 Å². The molecule has 80 heavy (non-hydrogen) atoms. The second-order valence-corrected chi connectivity index (χ2v) is 25.7. The summed E-state index contributed by atoms with van der Waals surface area (Å²) in [6, 6.07) is 47.3. The van der Waals surface area contributed by atoms with Crippen LogP contribution in [-0.4, -0.2) is 41.2 Å². The molecule has 8 aromatic rings. The van der Waals surface area contributed by atoms with E-state index in [1.165, 1.54) is 101 Å². The largest absolute Gasteiger partial charge is 0.494 e. The van der Waals surface area contributed by atoms with Crippen molar-refractivity contribution in [1.29, 1.82) is 0 Å². The summed E-state index contributed by atoms with van der Waals surface area (Å²) in [5, 5.41) is 2.53. The molecule has 0 saturated carbocycles. The monoisotopic (exact) mass is 1270 g/mol. The number of benzene rings is 7. The lowest BCUT2D eigenvalue weighted by Gasteiger charge is -2.32. The minimum absolute atomic E-state index is 0.128. The summed E-state index contributed by atoms with van der Waals surface area (Å²) in [7, 11) is -1.13. The van der Waals surface area contributed by atoms with E-state index in [1.807, 2.05) is 104 Å². The highest BCUT2D eigenvalue weighted by Crippen LogP contribution is 2.41. The van der Waals surface area contributed by atoms with Crippen LogP contribution >= 0.6 is 47.8 Å². The van der Waals surface area contributed by atoms with Crippen molar-refractivity contribution in [2.75, 3.05) is 4.90 Å². The predicted octanol–water partition coefficient (Wildman–Crippen LogP) is 19.2. The lowest BCUT2D eigenvalue weighted by atomic mass is 9.79. The standard InChI is InChI=1S/C30H34B2F3NO4.C22H19Br2N.C14H21Br/c1-27(2)28(3,4)38-31(37-27)19-9-13-21(14-10-19)36(23-17-24(33)26(35)25(34)18-23)22-15-11-20(12-16-22)32-39-29(5,6)30(7,8)40-32;1-2-3-4-15-5-9-18(10-6-15)25-21-11-7-16(23)13-19(21)20-14-17(24)8-12-22(20)25;1-2-3-4-5-6-7-8-13-9-11-14(15)12-10-13/h9-18H,1-8H3;5-14H,2-4H2,1H3;9-12H,2-8H2,1H3. The second-order valence-electron chi connectivity index (χ2n) is 23.0. The number of anilines is 3. The fraction of sp³-hybridized carbons (Fsp3) is 0.364. The Morgan fingerprint density at radius 3 is 1.23 bits per heavy atom. The SMILES string of the molecule is CC1(C)OB(c2ccc(N(c3ccc(B4OC(C)(C)C(C)(C)O4)cc3)c3cc(F)c(F)c(F)c3)cc2)OC1(C)C.CCCCCCCCc1ccc(Br)cc1.CCCCc1ccc(-n2c3ccc(Br)cc3c3cc(Br)ccc32)cc1. The van der Waals surface area contributed by atoms with E-state index < -0.39 is 54.1 Å². The highest BCUT2D eigenvalue weighted by atomic mass is 79.9. The molecule has 2 fully saturated rings. The van der Waals surface area contributed by atoms with Gasteiger partial charge in [-0.1, -0.05) is 149 Å². The summed E-state index contributed by atoms with van der Waals surface area (Å²) in [5.74, 6) is -4.07. The van der Waals surface area contributed by atoms with E-state index in [0.29, 0.717) is 11.4 Å². The molecule has 0 bridgehead atoms. The molecule has 2 aliphatic rings. The first-order valence-electron chi connectivity index (χ1n) is 28.1. The first-order valence-corrected chi connectivity index (χ1v) is 30.5. The van der Waals surface area contributed by atoms with E-state index in [9.17, 15) is 13.2 Å². The maximum absolute atomic E-state index is 14.4. The van der Waals surface area contributed by atoms with Gasteiger partial charge in [0.25, 0.3) is 0 Å². The van der Waals surface area contributed by atoms with Gasteiger partial charge in [-0.2, -0.15) is 0 Å². The number of rotatable bonds is 16. The van der Waals surface area contributed by atoms with Crippen molar-refractivity contribution in [2.45, 2.75) is 156 Å². The zero-order valence-corrected chi connectivity index (χ0v) is 52.6. The summed E-state index contributed by atoms with van der Waals surface area (Å²) in [5.41, 5.74) is 7.52. The number of aryl methyl sites for hydroxylation is 2. The van der Waals surface area contributed by atoms with Crippen LogP contribution in [0.2, 0.25) is 0 Å². The van der Waals surface area contributed by atoms with Gasteiger partial charge in [-0.15, -0.1) is 0 Å². The van der Waals surface area contributed by atoms with Crippen LogP contribution in [0.4, 0.5) is 30.2 Å². The van der Waals surface area contributed by atoms with E-state index in [0.717, 1.165) is 38.4 Å². The van der Waals surface area contributed by atoms with Gasteiger partial charge in [0.05, 0.1) is 39.1 Å². The van der Waals surface area contributed by atoms with Gasteiger partial charge >= 0.3 is 14.2 Å². The van der Waals surface area contributed by atoms with Gasteiger partial charge in [0.1, 0.15) is 0 Å². The van der Waals surface area contributed by atoms with Gasteiger partial charge < -0.3 is 28.1 Å². The number of halogens is 6. The molecule has 3 heterocycles. The van der Waals surface area contributed by atoms with Crippen LogP contribution in [0.15, 0.2) is 159 Å². The molecule has 7 aromatic carbocycles. The summed E-state index contributed by atoms with van der Waals surface area (Å²) in [6.45, 7) is 20.3. The maximum atomic E-state index is 14.4. The molecule has 0 spiro atoms. The fourth-order valence-electron chi connectivity index (χ4n) is 9.84. The van der Waals surface area contributed by atoms with E-state index >= 15 is 0 Å². The molecule has 2 saturated heterocycles. The van der Waals surface area contributed by atoms with Crippen LogP contribution in [0.5, 0.6) is 0 Å². The van der Waals surface area contributed by atoms with Crippen LogP contribution in [0.25, 0.3) is 27.5 Å². The van der Waals surface area contributed by atoms with Crippen LogP contribution < -0.4 is 15.8 Å². The first-order chi connectivity index (χ1) is 38.0. The molecule has 420 valence electrons. The summed E-state index contributed by atoms with van der Waals surface area (Å²) in [6.07, 6.45) is 13.2. The van der Waals surface area contributed by atoms with Gasteiger partial charge in [-0.3, -0.25) is 0 Å². The molecular weight excluding hydrogens is 1200 g/mol. The fourth-order valence-corrected chi connectivity index (χ4v) is 10.8. The third-order valence-electron chi connectivity index (χ3n) is 16.0. The lowest BCUT2D eigenvalue weighted by molar-refractivity contribution is 0.00578. The van der Waals surface area contributed by atoms with Crippen LogP contribution in [0, 0.1) is 17.5 Å². The molecule has 10 rings (SSSR count). The van der Waals surface area contributed by atoms with Crippen LogP contribution in [0.1, 0.15) is 132 Å². The molecule has 0 atom stereocenters. The maximum Gasteiger partial charge on any atom is 0.494 e. The number of hydrogen-bond acceptors (Lipinski definition) is 5. The molecule has 14 heteroatoms. The smallest absolute Gasteiger partial charge is 0.399 e. The third kappa shape index (κ3) is 14.4. The minimum atomic E-state index is -1.52. The predicted molar refractivity (Wildman–Crippen MR) is 338 cm³/mol. The van der Waals surface area contributed by atoms with Gasteiger partial charge in [0.2, 0.25) is 0 Å². The normalized spacial score (nSPS) is 15.9. The molecule has 0 radical (unpaired) electrons. The van der Waals surface area contributed by atoms with Gasteiger partial charge in [0, 0.05) is 53.4 Å². The van der Waals surface area contributed by atoms with E-state index in [-0.39, 0.29) is 5.69 Å². The van der Waals surface area contributed by atoms with Crippen molar-refractivity contribution in [1.82, 2.24) is 4.57 Å². The molecular formula is C66H74B2Br3F3N2O4. The highest BCUT2D eigenvalue weighted by molar-refractivity contribution is 9.11. The molecule has 0 aliphatic carbocycles. The van der Waals surface area contributed by atoms with E-state index in [4.69, 9.17) is 18.6 Å². The summed E-state index contributed by atoms with van der Waals surface area (Å²) >= 11 is 10.7. The quantitative estimate of drug-likeness (QED) is 0.0548. The second kappa shape index (κ2) is 26.3. The van der Waals surface area contributed by atoms with Crippen LogP contribution in [-0.2, 0) is 31.5 Å². The van der Waals surface area contributed by atoms with Crippen molar-refractivity contribution in [3.05, 3.63) is 188 Å². The molecule has 1 aromatic heterocycles. The molecule has 2 aliphatic heterocycles. The van der Waals surface area contributed by atoms with Gasteiger partial charge in [-0.25, -0.2) is 13.2 Å². The van der Waals surface area contributed by atoms with Crippen molar-refractivity contribution in [3.63, 3.8) is 0 Å². The summed E-state index contributed by atoms with van der Waals surface area (Å²) < 4.78 is 72.9. The Labute approximate surface area is 498 Å². The number of unbranched alkanes of at least 4 members (excludes halogenated alkanes) is 6. The van der Waals surface area contributed by atoms with Gasteiger partial charge in [0.15, 0.2) is 17.5 Å². The van der Waals surface area contributed by atoms with Crippen molar-refractivity contribution in [2.24, 2.45) is 0 Å². The number of hydrogen-bond donors (Lipinski definition) is 0. The highest BCUT2D eigenvalue weighted by Gasteiger charge is 2.52. The minimum Gasteiger partial charge on any atom is -0.399 e. The van der Waals surface area contributed by atoms with E-state index in [1.54, 1.807) is 4.90 Å². The molecule has 0 N–H and O–H groups in total. The lowest BCUT2D eigenvalue weighted by Crippen LogP contribution is -2.41. The van der Waals surface area contributed by atoms with Crippen molar-refractivity contribution < 1.29 is 31.8 Å². The third-order valence-corrected chi connectivity index (χ3v) is 17.5. The summed E-state index contributed by atoms with van der Waals surface area (Å²) in [4.78, 5) is 1.65. The number of aromatic nitrogens is 1. The first kappa shape index (κ1) is 61.4. The topological polar surface area (TPSA) is 45.1 Å².